The van der Waals surface area contributed by atoms with Crippen LogP contribution >= 0.6 is 0 Å². The van der Waals surface area contributed by atoms with Gasteiger partial charge in [-0.25, -0.2) is 0 Å². The summed E-state index contributed by atoms with van der Waals surface area (Å²) in [5, 5.41) is 13.8. The van der Waals surface area contributed by atoms with Crippen molar-refractivity contribution >= 4 is 17.3 Å². The summed E-state index contributed by atoms with van der Waals surface area (Å²) in [5.74, 6) is -0.0408. The van der Waals surface area contributed by atoms with E-state index < -0.39 is 10.8 Å². The Morgan fingerprint density at radius 3 is 2.67 bits per heavy atom. The number of ether oxygens (including phenoxy) is 1. The van der Waals surface area contributed by atoms with E-state index in [0.29, 0.717) is 25.7 Å². The third-order valence-electron chi connectivity index (χ3n) is 4.28. The predicted molar refractivity (Wildman–Crippen MR) is 90.9 cm³/mol. The Kier molecular flexibility index (Phi) is 6.10. The predicted octanol–water partition coefficient (Wildman–Crippen LogP) is 1.26. The van der Waals surface area contributed by atoms with Crippen molar-refractivity contribution in [3.63, 3.8) is 0 Å². The highest BCUT2D eigenvalue weighted by Gasteiger charge is 2.25. The normalized spacial score (nSPS) is 16.8. The maximum absolute atomic E-state index is 12.4. The van der Waals surface area contributed by atoms with Gasteiger partial charge >= 0.3 is 0 Å². The maximum atomic E-state index is 12.4. The van der Waals surface area contributed by atoms with E-state index in [4.69, 9.17) is 10.5 Å². The Hall–Kier alpha value is -2.19. The fourth-order valence-corrected chi connectivity index (χ4v) is 2.90. The highest BCUT2D eigenvalue weighted by atomic mass is 16.6. The number of benzene rings is 1. The van der Waals surface area contributed by atoms with Gasteiger partial charge in [0.05, 0.1) is 23.7 Å². The largest absolute Gasteiger partial charge is 0.393 e. The Balaban J connectivity index is 2.05. The van der Waals surface area contributed by atoms with E-state index in [1.807, 2.05) is 0 Å². The summed E-state index contributed by atoms with van der Waals surface area (Å²) in [6.07, 6.45) is 0. The van der Waals surface area contributed by atoms with Gasteiger partial charge in [0.15, 0.2) is 0 Å². The lowest BCUT2D eigenvalue weighted by molar-refractivity contribution is -0.383. The van der Waals surface area contributed by atoms with Crippen molar-refractivity contribution in [2.75, 3.05) is 38.6 Å². The molecule has 0 unspecified atom stereocenters. The number of nitro benzene ring substituents is 1. The van der Waals surface area contributed by atoms with Crippen LogP contribution < -0.4 is 11.1 Å². The van der Waals surface area contributed by atoms with E-state index in [2.05, 4.69) is 24.1 Å². The van der Waals surface area contributed by atoms with Crippen molar-refractivity contribution in [1.82, 2.24) is 10.2 Å². The van der Waals surface area contributed by atoms with Crippen LogP contribution in [0.2, 0.25) is 0 Å². The van der Waals surface area contributed by atoms with E-state index in [0.717, 1.165) is 13.1 Å². The van der Waals surface area contributed by atoms with Gasteiger partial charge in [0.2, 0.25) is 0 Å². The molecule has 1 aliphatic rings. The van der Waals surface area contributed by atoms with Gasteiger partial charge in [-0.05, 0) is 12.0 Å². The van der Waals surface area contributed by atoms with Gasteiger partial charge in [-0.2, -0.15) is 0 Å². The molecule has 0 aromatic heterocycles. The minimum atomic E-state index is -0.587. The Morgan fingerprint density at radius 1 is 1.42 bits per heavy atom. The number of nitrogens with zero attached hydrogens (tertiary/aromatic N) is 2. The molecule has 1 heterocycles. The molecule has 3 N–H and O–H groups in total. The van der Waals surface area contributed by atoms with Crippen LogP contribution in [0.25, 0.3) is 0 Å². The van der Waals surface area contributed by atoms with Gasteiger partial charge in [0, 0.05) is 31.7 Å². The van der Waals surface area contributed by atoms with Crippen LogP contribution in [0.3, 0.4) is 0 Å². The molecule has 8 nitrogen and oxygen atoms in total. The topological polar surface area (TPSA) is 111 Å². The first-order valence-electron chi connectivity index (χ1n) is 8.04. The summed E-state index contributed by atoms with van der Waals surface area (Å²) in [4.78, 5) is 25.0. The molecule has 1 aliphatic heterocycles. The molecule has 0 aliphatic carbocycles. The summed E-state index contributed by atoms with van der Waals surface area (Å²) >= 11 is 0. The zero-order chi connectivity index (χ0) is 17.7. The van der Waals surface area contributed by atoms with Crippen LogP contribution in [0.15, 0.2) is 18.2 Å². The SMILES string of the molecule is CC(C)[C@@H](CNC(=O)c1cccc([N+](=O)[O-])c1N)N1CCOCC1. The second-order valence-electron chi connectivity index (χ2n) is 6.17. The molecule has 1 saturated heterocycles. The van der Waals surface area contributed by atoms with Crippen LogP contribution in [0.4, 0.5) is 11.4 Å². The lowest BCUT2D eigenvalue weighted by atomic mass is 10.0. The average molecular weight is 336 g/mol. The van der Waals surface area contributed by atoms with Gasteiger partial charge in [0.1, 0.15) is 5.69 Å². The first-order valence-corrected chi connectivity index (χ1v) is 8.04. The first-order chi connectivity index (χ1) is 11.4. The lowest BCUT2D eigenvalue weighted by Crippen LogP contribution is -2.51. The standard InChI is InChI=1S/C16H24N4O4/c1-11(2)14(19-6-8-24-9-7-19)10-18-16(21)12-4-3-5-13(15(12)17)20(22)23/h3-5,11,14H,6-10,17H2,1-2H3,(H,18,21)/t14-/m1/s1. The minimum Gasteiger partial charge on any atom is -0.393 e. The van der Waals surface area contributed by atoms with Crippen molar-refractivity contribution in [1.29, 1.82) is 0 Å². The molecular formula is C16H24N4O4. The number of nitrogens with one attached hydrogen (secondary N) is 1. The number of carbonyl (C=O) groups excluding carboxylic acids is 1. The van der Waals surface area contributed by atoms with E-state index in [1.54, 1.807) is 0 Å². The van der Waals surface area contributed by atoms with Crippen molar-refractivity contribution in [3.05, 3.63) is 33.9 Å². The number of anilines is 1. The summed E-state index contributed by atoms with van der Waals surface area (Å²) in [7, 11) is 0. The Bertz CT molecular complexity index is 600. The highest BCUT2D eigenvalue weighted by Crippen LogP contribution is 2.24. The quantitative estimate of drug-likeness (QED) is 0.460. The van der Waals surface area contributed by atoms with E-state index in [-0.39, 0.29) is 23.0 Å². The molecule has 0 bridgehead atoms. The number of nitrogens with two attached hydrogens (primary N) is 1. The van der Waals surface area contributed by atoms with Crippen molar-refractivity contribution in [2.24, 2.45) is 5.92 Å². The molecule has 132 valence electrons. The van der Waals surface area contributed by atoms with Crippen molar-refractivity contribution in [2.45, 2.75) is 19.9 Å². The molecule has 8 heteroatoms. The summed E-state index contributed by atoms with van der Waals surface area (Å²) in [6, 6.07) is 4.43. The second-order valence-corrected chi connectivity index (χ2v) is 6.17. The Labute approximate surface area is 141 Å². The van der Waals surface area contributed by atoms with Crippen LogP contribution in [-0.2, 0) is 4.74 Å². The van der Waals surface area contributed by atoms with Crippen LogP contribution in [0, 0.1) is 16.0 Å². The molecule has 0 spiro atoms. The van der Waals surface area contributed by atoms with Gasteiger partial charge in [-0.3, -0.25) is 19.8 Å². The molecule has 1 aromatic rings. The Morgan fingerprint density at radius 2 is 2.08 bits per heavy atom. The van der Waals surface area contributed by atoms with Crippen LogP contribution in [-0.4, -0.2) is 54.6 Å². The van der Waals surface area contributed by atoms with Crippen LogP contribution in [0.1, 0.15) is 24.2 Å². The monoisotopic (exact) mass is 336 g/mol. The molecule has 1 aromatic carbocycles. The van der Waals surface area contributed by atoms with E-state index in [1.165, 1.54) is 18.2 Å². The number of hydrogen-bond acceptors (Lipinski definition) is 6. The van der Waals surface area contributed by atoms with Crippen molar-refractivity contribution in [3.8, 4) is 0 Å². The number of carbonyl (C=O) groups is 1. The number of nitro groups is 1. The second kappa shape index (κ2) is 8.07. The molecule has 1 amide bonds. The van der Waals surface area contributed by atoms with Gasteiger partial charge < -0.3 is 15.8 Å². The van der Waals surface area contributed by atoms with Gasteiger partial charge in [-0.15, -0.1) is 0 Å². The summed E-state index contributed by atoms with van der Waals surface area (Å²) in [5.41, 5.74) is 5.54. The van der Waals surface area contributed by atoms with E-state index in [9.17, 15) is 14.9 Å². The summed E-state index contributed by atoms with van der Waals surface area (Å²) in [6.45, 7) is 7.71. The van der Waals surface area contributed by atoms with Gasteiger partial charge in [0.25, 0.3) is 11.6 Å². The molecule has 0 saturated carbocycles. The molecular weight excluding hydrogens is 312 g/mol. The molecule has 1 fully saturated rings. The minimum absolute atomic E-state index is 0.104. The van der Waals surface area contributed by atoms with Gasteiger partial charge in [-0.1, -0.05) is 19.9 Å². The maximum Gasteiger partial charge on any atom is 0.292 e. The third kappa shape index (κ3) is 4.21. The fraction of sp³-hybridized carbons (Fsp3) is 0.562. The average Bonchev–Trinajstić information content (AvgIpc) is 2.55. The van der Waals surface area contributed by atoms with E-state index >= 15 is 0 Å². The lowest BCUT2D eigenvalue weighted by Gasteiger charge is -2.36. The number of rotatable bonds is 6. The number of amides is 1. The van der Waals surface area contributed by atoms with Crippen LogP contribution in [0.5, 0.6) is 0 Å². The zero-order valence-electron chi connectivity index (χ0n) is 14.0. The molecule has 0 radical (unpaired) electrons. The molecule has 2 rings (SSSR count). The number of nitrogen functional groups attached to an aromatic ring is 1. The molecule has 24 heavy (non-hydrogen) atoms. The third-order valence-corrected chi connectivity index (χ3v) is 4.28. The highest BCUT2D eigenvalue weighted by molar-refractivity contribution is 6.00. The zero-order valence-corrected chi connectivity index (χ0v) is 14.0. The number of para-hydroxylation sites is 1. The fourth-order valence-electron chi connectivity index (χ4n) is 2.90. The number of morpholine rings is 1. The van der Waals surface area contributed by atoms with Crippen molar-refractivity contribution < 1.29 is 14.5 Å². The number of hydrogen-bond donors (Lipinski definition) is 2. The summed E-state index contributed by atoms with van der Waals surface area (Å²) < 4.78 is 5.37. The molecule has 1 atom stereocenters. The first kappa shape index (κ1) is 18.2. The smallest absolute Gasteiger partial charge is 0.292 e.